The molecule has 4 nitrogen and oxygen atoms in total. The van der Waals surface area contributed by atoms with Crippen molar-refractivity contribution in [3.63, 3.8) is 0 Å². The maximum atomic E-state index is 10.7. The number of anilines is 1. The lowest BCUT2D eigenvalue weighted by atomic mass is 10.2. The van der Waals surface area contributed by atoms with Crippen LogP contribution in [0.1, 0.15) is 13.8 Å². The summed E-state index contributed by atoms with van der Waals surface area (Å²) in [5.41, 5.74) is 0.995. The van der Waals surface area contributed by atoms with Crippen molar-refractivity contribution in [1.29, 1.82) is 0 Å². The van der Waals surface area contributed by atoms with E-state index in [2.05, 4.69) is 20.8 Å². The molecule has 0 fully saturated rings. The van der Waals surface area contributed by atoms with E-state index in [4.69, 9.17) is 0 Å². The number of halogens is 1. The number of nitrogens with zero attached hydrogens (tertiary/aromatic N) is 2. The molecular weight excluding hydrogens is 260 g/mol. The van der Waals surface area contributed by atoms with Crippen LogP contribution in [0.5, 0.6) is 0 Å². The Morgan fingerprint density at radius 3 is 2.47 bits per heavy atom. The number of nitro groups is 1. The van der Waals surface area contributed by atoms with Crippen molar-refractivity contribution in [3.8, 4) is 0 Å². The highest BCUT2D eigenvalue weighted by molar-refractivity contribution is 9.10. The molecular formula is C10H13BrN2O2. The zero-order chi connectivity index (χ0) is 11.4. The topological polar surface area (TPSA) is 46.4 Å². The van der Waals surface area contributed by atoms with Crippen molar-refractivity contribution in [2.45, 2.75) is 13.8 Å². The third-order valence-corrected chi connectivity index (χ3v) is 2.93. The van der Waals surface area contributed by atoms with E-state index in [0.29, 0.717) is 4.47 Å². The van der Waals surface area contributed by atoms with Crippen LogP contribution < -0.4 is 4.90 Å². The lowest BCUT2D eigenvalue weighted by Gasteiger charge is -2.20. The molecule has 0 aliphatic carbocycles. The molecule has 0 saturated heterocycles. The van der Waals surface area contributed by atoms with Gasteiger partial charge in [-0.1, -0.05) is 0 Å². The van der Waals surface area contributed by atoms with Crippen molar-refractivity contribution in [3.05, 3.63) is 32.8 Å². The fourth-order valence-corrected chi connectivity index (χ4v) is 1.82. The van der Waals surface area contributed by atoms with E-state index in [0.717, 1.165) is 18.8 Å². The highest BCUT2D eigenvalue weighted by Crippen LogP contribution is 2.29. The smallest absolute Gasteiger partial charge is 0.285 e. The highest BCUT2D eigenvalue weighted by Gasteiger charge is 2.14. The molecule has 15 heavy (non-hydrogen) atoms. The summed E-state index contributed by atoms with van der Waals surface area (Å²) in [6.07, 6.45) is 0. The third kappa shape index (κ3) is 2.68. The molecule has 0 unspecified atom stereocenters. The van der Waals surface area contributed by atoms with Gasteiger partial charge < -0.3 is 4.90 Å². The van der Waals surface area contributed by atoms with Crippen LogP contribution in [0.2, 0.25) is 0 Å². The van der Waals surface area contributed by atoms with Gasteiger partial charge in [-0.2, -0.15) is 0 Å². The van der Waals surface area contributed by atoms with E-state index in [1.807, 2.05) is 19.9 Å². The zero-order valence-electron chi connectivity index (χ0n) is 8.74. The van der Waals surface area contributed by atoms with Gasteiger partial charge in [0.1, 0.15) is 0 Å². The molecule has 0 heterocycles. The Morgan fingerprint density at radius 1 is 1.40 bits per heavy atom. The van der Waals surface area contributed by atoms with Crippen LogP contribution >= 0.6 is 15.9 Å². The van der Waals surface area contributed by atoms with E-state index < -0.39 is 0 Å². The van der Waals surface area contributed by atoms with Crippen LogP contribution in [0, 0.1) is 10.1 Å². The Hall–Kier alpha value is -1.10. The molecule has 0 spiro atoms. The van der Waals surface area contributed by atoms with Gasteiger partial charge in [-0.25, -0.2) is 0 Å². The number of nitro benzene ring substituents is 1. The van der Waals surface area contributed by atoms with Gasteiger partial charge in [0.15, 0.2) is 0 Å². The molecule has 0 radical (unpaired) electrons. The maximum absolute atomic E-state index is 10.7. The third-order valence-electron chi connectivity index (χ3n) is 2.26. The van der Waals surface area contributed by atoms with Gasteiger partial charge in [-0.15, -0.1) is 0 Å². The van der Waals surface area contributed by atoms with Gasteiger partial charge in [0.25, 0.3) is 5.69 Å². The Morgan fingerprint density at radius 2 is 2.00 bits per heavy atom. The second kappa shape index (κ2) is 5.11. The van der Waals surface area contributed by atoms with E-state index in [1.165, 1.54) is 0 Å². The molecule has 0 aliphatic heterocycles. The summed E-state index contributed by atoms with van der Waals surface area (Å²) in [6, 6.07) is 5.19. The summed E-state index contributed by atoms with van der Waals surface area (Å²) >= 11 is 3.16. The van der Waals surface area contributed by atoms with E-state index in [-0.39, 0.29) is 10.6 Å². The second-order valence-electron chi connectivity index (χ2n) is 3.07. The van der Waals surface area contributed by atoms with Crippen LogP contribution in [0.4, 0.5) is 11.4 Å². The SMILES string of the molecule is CCN(CC)c1ccc(Br)c([N+](=O)[O-])c1. The zero-order valence-corrected chi connectivity index (χ0v) is 10.3. The number of benzene rings is 1. The Balaban J connectivity index is 3.11. The second-order valence-corrected chi connectivity index (χ2v) is 3.92. The van der Waals surface area contributed by atoms with E-state index in [1.54, 1.807) is 12.1 Å². The standard InChI is InChI=1S/C10H13BrN2O2/c1-3-12(4-2)8-5-6-9(11)10(7-8)13(14)15/h5-7H,3-4H2,1-2H3. The van der Waals surface area contributed by atoms with Gasteiger partial charge >= 0.3 is 0 Å². The maximum Gasteiger partial charge on any atom is 0.285 e. The van der Waals surface area contributed by atoms with E-state index in [9.17, 15) is 10.1 Å². The molecule has 0 amide bonds. The Bertz CT molecular complexity index is 364. The van der Waals surface area contributed by atoms with Crippen molar-refractivity contribution in [2.75, 3.05) is 18.0 Å². The number of hydrogen-bond acceptors (Lipinski definition) is 3. The van der Waals surface area contributed by atoms with Crippen LogP contribution in [-0.2, 0) is 0 Å². The molecule has 0 atom stereocenters. The van der Waals surface area contributed by atoms with Crippen LogP contribution in [0.15, 0.2) is 22.7 Å². The fraction of sp³-hybridized carbons (Fsp3) is 0.400. The number of hydrogen-bond donors (Lipinski definition) is 0. The van der Waals surface area contributed by atoms with E-state index >= 15 is 0 Å². The van der Waals surface area contributed by atoms with Crippen molar-refractivity contribution < 1.29 is 4.92 Å². The predicted molar refractivity (Wildman–Crippen MR) is 64.4 cm³/mol. The molecule has 82 valence electrons. The summed E-state index contributed by atoms with van der Waals surface area (Å²) in [7, 11) is 0. The number of rotatable bonds is 4. The summed E-state index contributed by atoms with van der Waals surface area (Å²) in [4.78, 5) is 12.4. The monoisotopic (exact) mass is 272 g/mol. The molecule has 1 rings (SSSR count). The van der Waals surface area contributed by atoms with Gasteiger partial charge in [-0.05, 0) is 41.9 Å². The predicted octanol–water partition coefficient (Wildman–Crippen LogP) is 3.20. The van der Waals surface area contributed by atoms with Crippen LogP contribution in [0.3, 0.4) is 0 Å². The minimum Gasteiger partial charge on any atom is -0.372 e. The molecule has 0 saturated carbocycles. The molecule has 0 N–H and O–H groups in total. The minimum atomic E-state index is -0.378. The first-order valence-electron chi connectivity index (χ1n) is 4.79. The summed E-state index contributed by atoms with van der Waals surface area (Å²) in [5, 5.41) is 10.7. The first-order valence-corrected chi connectivity index (χ1v) is 5.58. The van der Waals surface area contributed by atoms with Gasteiger partial charge in [0.2, 0.25) is 0 Å². The Labute approximate surface area is 97.2 Å². The van der Waals surface area contributed by atoms with Gasteiger partial charge in [0.05, 0.1) is 9.40 Å². The molecule has 5 heteroatoms. The van der Waals surface area contributed by atoms with Crippen molar-refractivity contribution in [2.24, 2.45) is 0 Å². The van der Waals surface area contributed by atoms with Gasteiger partial charge in [0, 0.05) is 24.8 Å². The van der Waals surface area contributed by atoms with Gasteiger partial charge in [-0.3, -0.25) is 10.1 Å². The van der Waals surface area contributed by atoms with Crippen LogP contribution in [-0.4, -0.2) is 18.0 Å². The summed E-state index contributed by atoms with van der Waals surface area (Å²) < 4.78 is 0.517. The largest absolute Gasteiger partial charge is 0.372 e. The average molecular weight is 273 g/mol. The molecule has 1 aromatic carbocycles. The molecule has 0 aliphatic rings. The first kappa shape index (κ1) is 12.0. The average Bonchev–Trinajstić information content (AvgIpc) is 2.21. The molecule has 0 aromatic heterocycles. The minimum absolute atomic E-state index is 0.111. The fourth-order valence-electron chi connectivity index (χ4n) is 1.43. The summed E-state index contributed by atoms with van der Waals surface area (Å²) in [6.45, 7) is 5.74. The summed E-state index contributed by atoms with van der Waals surface area (Å²) in [5.74, 6) is 0. The Kier molecular flexibility index (Phi) is 4.08. The molecule has 0 bridgehead atoms. The van der Waals surface area contributed by atoms with Crippen LogP contribution in [0.25, 0.3) is 0 Å². The lowest BCUT2D eigenvalue weighted by molar-refractivity contribution is -0.385. The quantitative estimate of drug-likeness (QED) is 0.625. The molecule has 1 aromatic rings. The highest BCUT2D eigenvalue weighted by atomic mass is 79.9. The van der Waals surface area contributed by atoms with Crippen molar-refractivity contribution in [1.82, 2.24) is 0 Å². The van der Waals surface area contributed by atoms with Crippen molar-refractivity contribution >= 4 is 27.3 Å². The first-order chi connectivity index (χ1) is 7.10. The normalized spacial score (nSPS) is 10.1. The lowest BCUT2D eigenvalue weighted by Crippen LogP contribution is -2.21.